The summed E-state index contributed by atoms with van der Waals surface area (Å²) in [5.74, 6) is 0.588. The molecule has 0 spiro atoms. The quantitative estimate of drug-likeness (QED) is 0.728. The highest BCUT2D eigenvalue weighted by atomic mass is 32.2. The molecule has 6 nitrogen and oxygen atoms in total. The summed E-state index contributed by atoms with van der Waals surface area (Å²) in [4.78, 5) is 19.8. The van der Waals surface area contributed by atoms with Crippen molar-refractivity contribution in [3.63, 3.8) is 0 Å². The van der Waals surface area contributed by atoms with E-state index in [1.807, 2.05) is 53.7 Å². The van der Waals surface area contributed by atoms with Gasteiger partial charge in [0.15, 0.2) is 0 Å². The molecule has 2 atom stereocenters. The molecule has 1 fully saturated rings. The highest BCUT2D eigenvalue weighted by Crippen LogP contribution is 2.34. The van der Waals surface area contributed by atoms with Gasteiger partial charge >= 0.3 is 0 Å². The molecule has 31 heavy (non-hydrogen) atoms. The fraction of sp³-hybridized carbons (Fsp3) is 0.636. The second-order valence-electron chi connectivity index (χ2n) is 9.89. The van der Waals surface area contributed by atoms with E-state index in [0.717, 1.165) is 11.1 Å². The van der Waals surface area contributed by atoms with Crippen LogP contribution >= 0.6 is 0 Å². The van der Waals surface area contributed by atoms with Crippen LogP contribution < -0.4 is 10.3 Å². The minimum atomic E-state index is -2.39. The molecule has 1 aliphatic heterocycles. The molecule has 3 rings (SSSR count). The number of hydrogen-bond donors (Lipinski definition) is 1. The number of aromatic nitrogens is 2. The summed E-state index contributed by atoms with van der Waals surface area (Å²) < 4.78 is 42.4. The van der Waals surface area contributed by atoms with Crippen LogP contribution in [0.1, 0.15) is 57.6 Å². The Morgan fingerprint density at radius 2 is 1.90 bits per heavy atom. The lowest BCUT2D eigenvalue weighted by atomic mass is 9.80. The second-order valence-corrected chi connectivity index (χ2v) is 11.9. The van der Waals surface area contributed by atoms with Gasteiger partial charge in [-0.3, -0.25) is 14.3 Å². The summed E-state index contributed by atoms with van der Waals surface area (Å²) >= 11 is 0. The van der Waals surface area contributed by atoms with E-state index in [1.165, 1.54) is 4.57 Å². The molecule has 1 N–H and O–H groups in total. The summed E-state index contributed by atoms with van der Waals surface area (Å²) in [6.45, 7) is 12.0. The van der Waals surface area contributed by atoms with Crippen LogP contribution in [0.4, 0.5) is 8.78 Å². The molecule has 1 saturated heterocycles. The van der Waals surface area contributed by atoms with E-state index in [2.05, 4.69) is 4.72 Å². The van der Waals surface area contributed by atoms with Gasteiger partial charge in [0.05, 0.1) is 38.6 Å². The molecule has 0 aliphatic carbocycles. The summed E-state index contributed by atoms with van der Waals surface area (Å²) in [5, 5.41) is 0.504. The predicted molar refractivity (Wildman–Crippen MR) is 121 cm³/mol. The van der Waals surface area contributed by atoms with Crippen LogP contribution in [0.15, 0.2) is 16.9 Å². The largest absolute Gasteiger partial charge is 0.299 e. The van der Waals surface area contributed by atoms with Crippen molar-refractivity contribution in [2.24, 2.45) is 7.05 Å². The Balaban J connectivity index is 2.07. The van der Waals surface area contributed by atoms with Gasteiger partial charge in [-0.15, -0.1) is 0 Å². The first-order valence-electron chi connectivity index (χ1n) is 10.4. The van der Waals surface area contributed by atoms with Gasteiger partial charge < -0.3 is 0 Å². The lowest BCUT2D eigenvalue weighted by molar-refractivity contribution is 0.00892. The van der Waals surface area contributed by atoms with E-state index in [1.54, 1.807) is 11.9 Å². The lowest BCUT2D eigenvalue weighted by Gasteiger charge is -2.47. The molecule has 0 unspecified atom stereocenters. The number of halogens is 2. The molecule has 1 aromatic carbocycles. The monoisotopic (exact) mass is 454 g/mol. The summed E-state index contributed by atoms with van der Waals surface area (Å²) in [6.07, 6.45) is -2.39. The minimum Gasteiger partial charge on any atom is -0.299 e. The number of aryl methyl sites for hydroxylation is 1. The number of rotatable bonds is 6. The number of alkyl halides is 2. The summed E-state index contributed by atoms with van der Waals surface area (Å²) in [6, 6.07) is 3.49. The Morgan fingerprint density at radius 3 is 2.45 bits per heavy atom. The third-order valence-electron chi connectivity index (χ3n) is 5.74. The maximum Gasteiger partial charge on any atom is 0.261 e. The first-order valence-corrected chi connectivity index (χ1v) is 11.6. The zero-order valence-corrected chi connectivity index (χ0v) is 20.1. The Kier molecular flexibility index (Phi) is 6.43. The van der Waals surface area contributed by atoms with Crippen molar-refractivity contribution < 1.29 is 13.0 Å². The Morgan fingerprint density at radius 1 is 1.29 bits per heavy atom. The Labute approximate surface area is 184 Å². The number of nitrogens with one attached hydrogen (secondary N) is 1. The molecule has 9 heteroatoms. The van der Waals surface area contributed by atoms with Gasteiger partial charge in [0.25, 0.3) is 12.0 Å². The maximum absolute atomic E-state index is 13.2. The van der Waals surface area contributed by atoms with Gasteiger partial charge in [0.2, 0.25) is 0 Å². The van der Waals surface area contributed by atoms with Gasteiger partial charge in [0.1, 0.15) is 5.82 Å². The number of nitrogens with zero attached hydrogens (tertiary/aromatic N) is 3. The van der Waals surface area contributed by atoms with Gasteiger partial charge in [-0.05, 0) is 51.8 Å². The third-order valence-corrected chi connectivity index (χ3v) is 7.42. The van der Waals surface area contributed by atoms with Crippen molar-refractivity contribution in [2.45, 2.75) is 64.2 Å². The highest BCUT2D eigenvalue weighted by molar-refractivity contribution is 7.84. The van der Waals surface area contributed by atoms with E-state index >= 15 is 0 Å². The Hall–Kier alpha value is -1.71. The van der Waals surface area contributed by atoms with Crippen LogP contribution in [0.2, 0.25) is 0 Å². The van der Waals surface area contributed by atoms with Crippen LogP contribution in [-0.2, 0) is 23.4 Å². The van der Waals surface area contributed by atoms with Crippen molar-refractivity contribution in [1.82, 2.24) is 19.2 Å². The smallest absolute Gasteiger partial charge is 0.261 e. The second kappa shape index (κ2) is 8.33. The summed E-state index contributed by atoms with van der Waals surface area (Å²) in [5.41, 5.74) is 1.65. The van der Waals surface area contributed by atoms with Crippen LogP contribution in [-0.4, -0.2) is 49.5 Å². The molecule has 0 saturated carbocycles. The van der Waals surface area contributed by atoms with Gasteiger partial charge in [-0.2, -0.15) is 0 Å². The number of benzene rings is 1. The molecule has 1 aliphatic rings. The molecule has 0 radical (unpaired) electrons. The van der Waals surface area contributed by atoms with E-state index in [-0.39, 0.29) is 18.1 Å². The highest BCUT2D eigenvalue weighted by Gasteiger charge is 2.44. The zero-order valence-electron chi connectivity index (χ0n) is 19.3. The van der Waals surface area contributed by atoms with Crippen molar-refractivity contribution in [3.05, 3.63) is 39.4 Å². The minimum absolute atomic E-state index is 0.164. The van der Waals surface area contributed by atoms with Crippen molar-refractivity contribution >= 4 is 21.9 Å². The fourth-order valence-corrected chi connectivity index (χ4v) is 5.03. The molecular weight excluding hydrogens is 422 g/mol. The third kappa shape index (κ3) is 4.73. The fourth-order valence-electron chi connectivity index (χ4n) is 4.23. The predicted octanol–water partition coefficient (Wildman–Crippen LogP) is 3.19. The van der Waals surface area contributed by atoms with Crippen LogP contribution in [0.25, 0.3) is 10.9 Å². The molecule has 0 bridgehead atoms. The molecule has 2 aromatic rings. The number of hydrogen-bond acceptors (Lipinski definition) is 4. The normalized spacial score (nSPS) is 18.9. The SMILES string of the molecule is Cc1cc([C@@H](C)N[S@](=O)C(C)(C)C)c2nc(C3(C)CN(CC(F)F)C3)n(C)c(=O)c2c1. The van der Waals surface area contributed by atoms with E-state index in [0.29, 0.717) is 29.8 Å². The van der Waals surface area contributed by atoms with E-state index < -0.39 is 27.6 Å². The van der Waals surface area contributed by atoms with Gasteiger partial charge in [0, 0.05) is 26.2 Å². The van der Waals surface area contributed by atoms with Gasteiger partial charge in [-0.25, -0.2) is 22.7 Å². The first-order chi connectivity index (χ1) is 14.2. The summed E-state index contributed by atoms with van der Waals surface area (Å²) in [7, 11) is 0.395. The maximum atomic E-state index is 13.2. The van der Waals surface area contributed by atoms with Gasteiger partial charge in [-0.1, -0.05) is 13.0 Å². The average molecular weight is 455 g/mol. The van der Waals surface area contributed by atoms with Crippen molar-refractivity contribution in [1.29, 1.82) is 0 Å². The molecule has 172 valence electrons. The van der Waals surface area contributed by atoms with E-state index in [9.17, 15) is 17.8 Å². The zero-order chi connectivity index (χ0) is 23.3. The van der Waals surface area contributed by atoms with Crippen LogP contribution in [0, 0.1) is 6.92 Å². The molecule has 0 amide bonds. The van der Waals surface area contributed by atoms with Crippen LogP contribution in [0.3, 0.4) is 0 Å². The average Bonchev–Trinajstić information content (AvgIpc) is 2.61. The van der Waals surface area contributed by atoms with Crippen LogP contribution in [0.5, 0.6) is 0 Å². The first kappa shape index (κ1) is 23.9. The number of fused-ring (bicyclic) bond motifs is 1. The molecule has 2 heterocycles. The number of likely N-dealkylation sites (tertiary alicyclic amines) is 1. The Bertz CT molecular complexity index is 1070. The van der Waals surface area contributed by atoms with Crippen molar-refractivity contribution in [3.8, 4) is 0 Å². The topological polar surface area (TPSA) is 67.2 Å². The standard InChI is InChI=1S/C22H32F2N4O2S/c1-13-8-15(14(2)26-31(30)21(3,4)5)18-16(9-13)19(29)27(7)20(25-18)22(6)11-28(12-22)10-17(23)24/h8-9,14,17,26H,10-12H2,1-7H3/t14-,31-/m1/s1. The lowest BCUT2D eigenvalue weighted by Crippen LogP contribution is -2.60. The molecule has 1 aromatic heterocycles. The van der Waals surface area contributed by atoms with E-state index in [4.69, 9.17) is 4.98 Å². The van der Waals surface area contributed by atoms with Crippen molar-refractivity contribution in [2.75, 3.05) is 19.6 Å². The molecular formula is C22H32F2N4O2S.